The molecule has 7 nitrogen and oxygen atoms in total. The number of methoxy groups -OCH3 is 1. The van der Waals surface area contributed by atoms with E-state index in [2.05, 4.69) is 43.0 Å². The molecule has 1 atom stereocenters. The second-order valence-corrected chi connectivity index (χ2v) is 9.08. The summed E-state index contributed by atoms with van der Waals surface area (Å²) in [5, 5.41) is 15.4. The molecular weight excluding hydrogens is 456 g/mol. The van der Waals surface area contributed by atoms with Crippen molar-refractivity contribution in [3.05, 3.63) is 45.0 Å². The Kier molecular flexibility index (Phi) is 5.89. The Labute approximate surface area is 181 Å². The van der Waals surface area contributed by atoms with Gasteiger partial charge >= 0.3 is 5.97 Å². The fourth-order valence-corrected chi connectivity index (χ4v) is 5.25. The standard InChI is InChI=1S/C20H23BrN4O3S/c1-3-15-22-20-25(23-15)18(26)17(29-20)16(12-4-6-14(21)7-5-12)24-10-8-13(9-11-24)19(27)28-2/h4-7,13,16,26H,3,8-11H2,1-2H3. The number of rotatable bonds is 5. The molecule has 1 fully saturated rings. The molecule has 1 aromatic carbocycles. The average molecular weight is 479 g/mol. The topological polar surface area (TPSA) is 80.0 Å². The van der Waals surface area contributed by atoms with Crippen LogP contribution in [0.4, 0.5) is 0 Å². The van der Waals surface area contributed by atoms with E-state index < -0.39 is 0 Å². The highest BCUT2D eigenvalue weighted by molar-refractivity contribution is 9.10. The van der Waals surface area contributed by atoms with Crippen molar-refractivity contribution in [1.29, 1.82) is 0 Å². The summed E-state index contributed by atoms with van der Waals surface area (Å²) in [6.07, 6.45) is 2.20. The van der Waals surface area contributed by atoms with Gasteiger partial charge in [-0.1, -0.05) is 46.3 Å². The van der Waals surface area contributed by atoms with Crippen LogP contribution >= 0.6 is 27.3 Å². The number of nitrogens with zero attached hydrogens (tertiary/aromatic N) is 4. The van der Waals surface area contributed by atoms with E-state index in [-0.39, 0.29) is 23.8 Å². The van der Waals surface area contributed by atoms with Crippen LogP contribution in [0.1, 0.15) is 42.1 Å². The van der Waals surface area contributed by atoms with Gasteiger partial charge < -0.3 is 9.84 Å². The van der Waals surface area contributed by atoms with Gasteiger partial charge in [0.05, 0.1) is 23.9 Å². The van der Waals surface area contributed by atoms with Crippen LogP contribution in [-0.4, -0.2) is 50.8 Å². The molecule has 0 aliphatic carbocycles. The second-order valence-electron chi connectivity index (χ2n) is 7.15. The number of fused-ring (bicyclic) bond motifs is 1. The molecule has 4 rings (SSSR count). The number of hydrogen-bond donors (Lipinski definition) is 1. The third kappa shape index (κ3) is 3.91. The number of carbonyl (C=O) groups is 1. The maximum absolute atomic E-state index is 11.9. The minimum atomic E-state index is -0.140. The maximum Gasteiger partial charge on any atom is 0.308 e. The van der Waals surface area contributed by atoms with Crippen molar-refractivity contribution in [3.8, 4) is 5.88 Å². The minimum absolute atomic E-state index is 0.0650. The SMILES string of the molecule is CCc1nc2sc(C(c3ccc(Br)cc3)N3CCC(C(=O)OC)CC3)c(O)n2n1. The van der Waals surface area contributed by atoms with Crippen LogP contribution in [0.25, 0.3) is 4.96 Å². The normalized spacial score (nSPS) is 16.9. The van der Waals surface area contributed by atoms with Crippen molar-refractivity contribution >= 4 is 38.2 Å². The van der Waals surface area contributed by atoms with E-state index >= 15 is 0 Å². The molecule has 9 heteroatoms. The second kappa shape index (κ2) is 8.41. The summed E-state index contributed by atoms with van der Waals surface area (Å²) >= 11 is 4.96. The molecule has 1 unspecified atom stereocenters. The molecule has 1 aliphatic heterocycles. The number of thiazole rings is 1. The van der Waals surface area contributed by atoms with Crippen LogP contribution < -0.4 is 0 Å². The third-order valence-corrected chi connectivity index (χ3v) is 7.02. The summed E-state index contributed by atoms with van der Waals surface area (Å²) in [5.74, 6) is 0.654. The lowest BCUT2D eigenvalue weighted by Gasteiger charge is -2.36. The smallest absolute Gasteiger partial charge is 0.308 e. The number of aromatic hydroxyl groups is 1. The molecule has 29 heavy (non-hydrogen) atoms. The summed E-state index contributed by atoms with van der Waals surface area (Å²) in [6, 6.07) is 8.02. The quantitative estimate of drug-likeness (QED) is 0.561. The highest BCUT2D eigenvalue weighted by Crippen LogP contribution is 2.41. The highest BCUT2D eigenvalue weighted by atomic mass is 79.9. The first-order chi connectivity index (χ1) is 14.0. The van der Waals surface area contributed by atoms with E-state index in [9.17, 15) is 9.90 Å². The van der Waals surface area contributed by atoms with Gasteiger partial charge in [0, 0.05) is 10.9 Å². The molecule has 1 aliphatic rings. The van der Waals surface area contributed by atoms with E-state index in [1.165, 1.54) is 23.0 Å². The predicted octanol–water partition coefficient (Wildman–Crippen LogP) is 3.80. The number of esters is 1. The number of likely N-dealkylation sites (tertiary alicyclic amines) is 1. The Hall–Kier alpha value is -1.97. The summed E-state index contributed by atoms with van der Waals surface area (Å²) in [6.45, 7) is 3.48. The molecule has 3 heterocycles. The number of aromatic nitrogens is 3. The first-order valence-electron chi connectivity index (χ1n) is 9.66. The number of piperidine rings is 1. The highest BCUT2D eigenvalue weighted by Gasteiger charge is 2.34. The largest absolute Gasteiger partial charge is 0.492 e. The van der Waals surface area contributed by atoms with E-state index in [0.29, 0.717) is 4.96 Å². The van der Waals surface area contributed by atoms with Gasteiger partial charge in [0.1, 0.15) is 0 Å². The number of ether oxygens (including phenoxy) is 1. The first kappa shape index (κ1) is 20.3. The van der Waals surface area contributed by atoms with Crippen LogP contribution in [0.15, 0.2) is 28.7 Å². The van der Waals surface area contributed by atoms with E-state index in [0.717, 1.165) is 53.1 Å². The molecule has 1 N–H and O–H groups in total. The average Bonchev–Trinajstić information content (AvgIpc) is 3.29. The van der Waals surface area contributed by atoms with Crippen LogP contribution in [-0.2, 0) is 16.0 Å². The number of aryl methyl sites for hydroxylation is 1. The molecular formula is C20H23BrN4O3S. The Morgan fingerprint density at radius 3 is 2.62 bits per heavy atom. The van der Waals surface area contributed by atoms with Gasteiger partial charge in [-0.25, -0.2) is 4.98 Å². The Bertz CT molecular complexity index is 1010. The van der Waals surface area contributed by atoms with Crippen molar-refractivity contribution in [2.24, 2.45) is 5.92 Å². The molecule has 3 aromatic rings. The number of benzene rings is 1. The fourth-order valence-electron chi connectivity index (χ4n) is 3.85. The van der Waals surface area contributed by atoms with Crippen molar-refractivity contribution in [1.82, 2.24) is 19.5 Å². The fraction of sp³-hybridized carbons (Fsp3) is 0.450. The van der Waals surface area contributed by atoms with Crippen LogP contribution in [0.3, 0.4) is 0 Å². The number of hydrogen-bond acceptors (Lipinski definition) is 7. The van der Waals surface area contributed by atoms with E-state index in [4.69, 9.17) is 4.74 Å². The van der Waals surface area contributed by atoms with Gasteiger partial charge in [0.25, 0.3) is 0 Å². The summed E-state index contributed by atoms with van der Waals surface area (Å²) in [5.41, 5.74) is 1.08. The third-order valence-electron chi connectivity index (χ3n) is 5.42. The lowest BCUT2D eigenvalue weighted by Crippen LogP contribution is -2.39. The van der Waals surface area contributed by atoms with Gasteiger partial charge in [0.15, 0.2) is 5.82 Å². The van der Waals surface area contributed by atoms with Crippen LogP contribution in [0.5, 0.6) is 5.88 Å². The van der Waals surface area contributed by atoms with Gasteiger partial charge in [-0.2, -0.15) is 4.52 Å². The molecule has 1 saturated heterocycles. The zero-order valence-corrected chi connectivity index (χ0v) is 18.7. The lowest BCUT2D eigenvalue weighted by atomic mass is 9.94. The van der Waals surface area contributed by atoms with Crippen molar-refractivity contribution in [3.63, 3.8) is 0 Å². The molecule has 0 radical (unpaired) electrons. The molecule has 0 bridgehead atoms. The minimum Gasteiger partial charge on any atom is -0.492 e. The van der Waals surface area contributed by atoms with Gasteiger partial charge in [-0.15, -0.1) is 5.10 Å². The van der Waals surface area contributed by atoms with Crippen molar-refractivity contribution < 1.29 is 14.6 Å². The van der Waals surface area contributed by atoms with E-state index in [1.54, 1.807) is 0 Å². The number of halogens is 1. The number of carbonyl (C=O) groups excluding carboxylic acids is 1. The van der Waals surface area contributed by atoms with Crippen LogP contribution in [0.2, 0.25) is 0 Å². The van der Waals surface area contributed by atoms with Gasteiger partial charge in [0.2, 0.25) is 10.8 Å². The van der Waals surface area contributed by atoms with Gasteiger partial charge in [-0.05, 0) is 43.6 Å². The van der Waals surface area contributed by atoms with Crippen molar-refractivity contribution in [2.75, 3.05) is 20.2 Å². The zero-order valence-electron chi connectivity index (χ0n) is 16.3. The molecule has 0 amide bonds. The van der Waals surface area contributed by atoms with Gasteiger partial charge in [-0.3, -0.25) is 9.69 Å². The molecule has 154 valence electrons. The Morgan fingerprint density at radius 1 is 1.34 bits per heavy atom. The predicted molar refractivity (Wildman–Crippen MR) is 114 cm³/mol. The molecule has 0 spiro atoms. The summed E-state index contributed by atoms with van der Waals surface area (Å²) in [7, 11) is 1.44. The zero-order chi connectivity index (χ0) is 20.5. The first-order valence-corrected chi connectivity index (χ1v) is 11.3. The Balaban J connectivity index is 1.70. The molecule has 2 aromatic heterocycles. The summed E-state index contributed by atoms with van der Waals surface area (Å²) in [4.78, 5) is 20.3. The summed E-state index contributed by atoms with van der Waals surface area (Å²) < 4.78 is 7.45. The monoisotopic (exact) mass is 478 g/mol. The molecule has 0 saturated carbocycles. The Morgan fingerprint density at radius 2 is 2.03 bits per heavy atom. The van der Waals surface area contributed by atoms with Crippen LogP contribution in [0, 0.1) is 5.92 Å². The lowest BCUT2D eigenvalue weighted by molar-refractivity contribution is -0.147. The van der Waals surface area contributed by atoms with Crippen molar-refractivity contribution in [2.45, 2.75) is 32.2 Å². The van der Waals surface area contributed by atoms with E-state index in [1.807, 2.05) is 19.1 Å². The maximum atomic E-state index is 11.9.